The van der Waals surface area contributed by atoms with Crippen molar-refractivity contribution in [2.75, 3.05) is 13.1 Å². The van der Waals surface area contributed by atoms with Crippen LogP contribution < -0.4 is 5.32 Å². The van der Waals surface area contributed by atoms with Crippen LogP contribution in [0.1, 0.15) is 18.0 Å². The summed E-state index contributed by atoms with van der Waals surface area (Å²) >= 11 is 6.24. The number of para-hydroxylation sites is 1. The van der Waals surface area contributed by atoms with Crippen LogP contribution in [0.4, 0.5) is 0 Å². The molecule has 0 spiro atoms. The summed E-state index contributed by atoms with van der Waals surface area (Å²) in [5.74, 6) is 0. The van der Waals surface area contributed by atoms with Gasteiger partial charge in [0.15, 0.2) is 0 Å². The predicted octanol–water partition coefficient (Wildman–Crippen LogP) is 2.53. The second kappa shape index (κ2) is 3.75. The highest BCUT2D eigenvalue weighted by Gasteiger charge is 2.22. The molecule has 84 valence electrons. The first kappa shape index (κ1) is 10.1. The number of benzene rings is 1. The number of aryl methyl sites for hydroxylation is 1. The molecule has 1 atom stereocenters. The quantitative estimate of drug-likeness (QED) is 0.823. The molecule has 0 aliphatic carbocycles. The minimum atomic E-state index is 0.443. The van der Waals surface area contributed by atoms with E-state index in [9.17, 15) is 0 Å². The molecule has 1 fully saturated rings. The maximum Gasteiger partial charge on any atom is 0.204 e. The van der Waals surface area contributed by atoms with Crippen molar-refractivity contribution in [2.24, 2.45) is 0 Å². The van der Waals surface area contributed by atoms with Crippen LogP contribution >= 0.6 is 11.6 Å². The van der Waals surface area contributed by atoms with E-state index in [0.29, 0.717) is 11.3 Å². The van der Waals surface area contributed by atoms with Crippen LogP contribution in [0.2, 0.25) is 5.28 Å². The standard InChI is InChI=1S/C12H14ClN3/c1-8-3-2-4-10-11(8)16(12(13)15-10)9-5-6-14-7-9/h2-4,9,14H,5-7H2,1H3. The molecule has 1 aliphatic rings. The summed E-state index contributed by atoms with van der Waals surface area (Å²) < 4.78 is 2.17. The van der Waals surface area contributed by atoms with Gasteiger partial charge in [-0.25, -0.2) is 4.98 Å². The minimum absolute atomic E-state index is 0.443. The first-order chi connectivity index (χ1) is 7.77. The molecule has 0 bridgehead atoms. The SMILES string of the molecule is Cc1cccc2nc(Cl)n(C3CCNC3)c12. The number of nitrogens with zero attached hydrogens (tertiary/aromatic N) is 2. The van der Waals surface area contributed by atoms with E-state index in [4.69, 9.17) is 11.6 Å². The van der Waals surface area contributed by atoms with Crippen molar-refractivity contribution in [1.29, 1.82) is 0 Å². The molecule has 1 unspecified atom stereocenters. The van der Waals surface area contributed by atoms with Gasteiger partial charge in [-0.15, -0.1) is 0 Å². The van der Waals surface area contributed by atoms with Crippen LogP contribution in [0.25, 0.3) is 11.0 Å². The number of aromatic nitrogens is 2. The van der Waals surface area contributed by atoms with Gasteiger partial charge in [0.05, 0.1) is 17.1 Å². The molecule has 1 aromatic heterocycles. The summed E-state index contributed by atoms with van der Waals surface area (Å²) in [6.07, 6.45) is 1.12. The van der Waals surface area contributed by atoms with Crippen LogP contribution in [-0.2, 0) is 0 Å². The average Bonchev–Trinajstić information content (AvgIpc) is 2.84. The third-order valence-electron chi connectivity index (χ3n) is 3.27. The van der Waals surface area contributed by atoms with Gasteiger partial charge < -0.3 is 9.88 Å². The monoisotopic (exact) mass is 235 g/mol. The fourth-order valence-electron chi connectivity index (χ4n) is 2.49. The summed E-state index contributed by atoms with van der Waals surface area (Å²) in [5, 5.41) is 3.97. The van der Waals surface area contributed by atoms with Gasteiger partial charge in [0.25, 0.3) is 0 Å². The number of fused-ring (bicyclic) bond motifs is 1. The number of hydrogen-bond donors (Lipinski definition) is 1. The molecule has 0 amide bonds. The summed E-state index contributed by atoms with van der Waals surface area (Å²) in [5.41, 5.74) is 3.42. The Balaban J connectivity index is 2.25. The van der Waals surface area contributed by atoms with E-state index >= 15 is 0 Å². The van der Waals surface area contributed by atoms with Crippen molar-refractivity contribution in [3.8, 4) is 0 Å². The van der Waals surface area contributed by atoms with Crippen LogP contribution in [-0.4, -0.2) is 22.6 Å². The summed E-state index contributed by atoms with van der Waals surface area (Å²) in [7, 11) is 0. The van der Waals surface area contributed by atoms with E-state index in [2.05, 4.69) is 27.9 Å². The van der Waals surface area contributed by atoms with Gasteiger partial charge >= 0.3 is 0 Å². The predicted molar refractivity (Wildman–Crippen MR) is 66.0 cm³/mol. The molecule has 1 aliphatic heterocycles. The number of nitrogens with one attached hydrogen (secondary N) is 1. The lowest BCUT2D eigenvalue weighted by Gasteiger charge is -2.14. The van der Waals surface area contributed by atoms with Gasteiger partial charge in [-0.2, -0.15) is 0 Å². The van der Waals surface area contributed by atoms with Gasteiger partial charge in [0.1, 0.15) is 0 Å². The maximum atomic E-state index is 6.24. The Morgan fingerprint density at radius 1 is 1.50 bits per heavy atom. The minimum Gasteiger partial charge on any atom is -0.315 e. The molecular formula is C12H14ClN3. The zero-order chi connectivity index (χ0) is 11.1. The molecule has 2 heterocycles. The van der Waals surface area contributed by atoms with Crippen molar-refractivity contribution >= 4 is 22.6 Å². The highest BCUT2D eigenvalue weighted by Crippen LogP contribution is 2.29. The zero-order valence-electron chi connectivity index (χ0n) is 9.20. The Hall–Kier alpha value is -1.06. The van der Waals surface area contributed by atoms with Crippen molar-refractivity contribution in [3.05, 3.63) is 29.0 Å². The van der Waals surface area contributed by atoms with E-state index in [1.165, 1.54) is 11.1 Å². The normalized spacial score (nSPS) is 20.8. The zero-order valence-corrected chi connectivity index (χ0v) is 9.96. The summed E-state index contributed by atoms with van der Waals surface area (Å²) in [6, 6.07) is 6.60. The van der Waals surface area contributed by atoms with Crippen molar-refractivity contribution < 1.29 is 0 Å². The van der Waals surface area contributed by atoms with Crippen LogP contribution in [0.5, 0.6) is 0 Å². The fraction of sp³-hybridized carbons (Fsp3) is 0.417. The molecule has 2 aromatic rings. The third-order valence-corrected chi connectivity index (χ3v) is 3.53. The highest BCUT2D eigenvalue weighted by atomic mass is 35.5. The van der Waals surface area contributed by atoms with Crippen molar-refractivity contribution in [2.45, 2.75) is 19.4 Å². The Labute approximate surface area is 99.4 Å². The van der Waals surface area contributed by atoms with Gasteiger partial charge in [0, 0.05) is 6.54 Å². The smallest absolute Gasteiger partial charge is 0.204 e. The molecule has 1 saturated heterocycles. The Morgan fingerprint density at radius 3 is 3.12 bits per heavy atom. The van der Waals surface area contributed by atoms with Crippen molar-refractivity contribution in [3.63, 3.8) is 0 Å². The van der Waals surface area contributed by atoms with Crippen LogP contribution in [0.3, 0.4) is 0 Å². The van der Waals surface area contributed by atoms with E-state index in [1.807, 2.05) is 12.1 Å². The van der Waals surface area contributed by atoms with Gasteiger partial charge in [-0.05, 0) is 43.1 Å². The number of hydrogen-bond acceptors (Lipinski definition) is 2. The molecule has 16 heavy (non-hydrogen) atoms. The maximum absolute atomic E-state index is 6.24. The molecule has 0 radical (unpaired) electrons. The molecule has 3 nitrogen and oxygen atoms in total. The first-order valence-electron chi connectivity index (χ1n) is 5.61. The third kappa shape index (κ3) is 1.43. The Morgan fingerprint density at radius 2 is 2.38 bits per heavy atom. The Kier molecular flexibility index (Phi) is 2.37. The lowest BCUT2D eigenvalue weighted by Crippen LogP contribution is -2.13. The molecule has 3 rings (SSSR count). The second-order valence-electron chi connectivity index (χ2n) is 4.34. The Bertz CT molecular complexity index is 526. The lowest BCUT2D eigenvalue weighted by molar-refractivity contribution is 0.561. The molecule has 0 saturated carbocycles. The van der Waals surface area contributed by atoms with E-state index in [-0.39, 0.29) is 0 Å². The van der Waals surface area contributed by atoms with Crippen molar-refractivity contribution in [1.82, 2.24) is 14.9 Å². The summed E-state index contributed by atoms with van der Waals surface area (Å²) in [4.78, 5) is 4.42. The average molecular weight is 236 g/mol. The number of rotatable bonds is 1. The van der Waals surface area contributed by atoms with E-state index in [1.54, 1.807) is 0 Å². The number of halogens is 1. The van der Waals surface area contributed by atoms with E-state index < -0.39 is 0 Å². The van der Waals surface area contributed by atoms with Crippen LogP contribution in [0, 0.1) is 6.92 Å². The lowest BCUT2D eigenvalue weighted by atomic mass is 10.2. The molecule has 1 N–H and O–H groups in total. The second-order valence-corrected chi connectivity index (χ2v) is 4.68. The first-order valence-corrected chi connectivity index (χ1v) is 5.99. The molecule has 4 heteroatoms. The van der Waals surface area contributed by atoms with Gasteiger partial charge in [-0.3, -0.25) is 0 Å². The van der Waals surface area contributed by atoms with Gasteiger partial charge in [0.2, 0.25) is 5.28 Å². The fourth-order valence-corrected chi connectivity index (χ4v) is 2.80. The topological polar surface area (TPSA) is 29.9 Å². The van der Waals surface area contributed by atoms with Crippen LogP contribution in [0.15, 0.2) is 18.2 Å². The van der Waals surface area contributed by atoms with Gasteiger partial charge in [-0.1, -0.05) is 12.1 Å². The summed E-state index contributed by atoms with van der Waals surface area (Å²) in [6.45, 7) is 4.16. The molecule has 1 aromatic carbocycles. The van der Waals surface area contributed by atoms with E-state index in [0.717, 1.165) is 25.0 Å². The number of imidazole rings is 1. The highest BCUT2D eigenvalue weighted by molar-refractivity contribution is 6.29. The largest absolute Gasteiger partial charge is 0.315 e. The molecular weight excluding hydrogens is 222 g/mol.